The number of ether oxygens (including phenoxy) is 1. The first kappa shape index (κ1) is 23.9. The maximum Gasteiger partial charge on any atom is 0.416 e. The van der Waals surface area contributed by atoms with Crippen LogP contribution in [0.3, 0.4) is 0 Å². The molecule has 0 aromatic heterocycles. The zero-order valence-electron chi connectivity index (χ0n) is 15.9. The Labute approximate surface area is 172 Å². The van der Waals surface area contributed by atoms with Crippen LogP contribution in [0.1, 0.15) is 35.2 Å². The lowest BCUT2D eigenvalue weighted by atomic mass is 9.96. The molecule has 0 unspecified atom stereocenters. The number of azide groups is 1. The summed E-state index contributed by atoms with van der Waals surface area (Å²) in [5, 5.41) is 5.55. The van der Waals surface area contributed by atoms with Gasteiger partial charge >= 0.3 is 18.4 Å². The van der Waals surface area contributed by atoms with Crippen molar-refractivity contribution < 1.29 is 35.9 Å². The van der Waals surface area contributed by atoms with Crippen LogP contribution in [0.2, 0.25) is 0 Å². The minimum Gasteiger partial charge on any atom is -0.445 e. The molecule has 0 fully saturated rings. The van der Waals surface area contributed by atoms with E-state index >= 15 is 0 Å². The number of carbonyl (C=O) groups excluding carboxylic acids is 1. The van der Waals surface area contributed by atoms with Crippen molar-refractivity contribution in [2.24, 2.45) is 5.11 Å². The molecule has 0 saturated carbocycles. The minimum atomic E-state index is -5.07. The highest BCUT2D eigenvalue weighted by molar-refractivity contribution is 5.67. The van der Waals surface area contributed by atoms with Gasteiger partial charge in [0.05, 0.1) is 17.2 Å². The molecule has 0 aliphatic heterocycles. The second kappa shape index (κ2) is 9.61. The molecular formula is C19H16F6N4O2. The van der Waals surface area contributed by atoms with E-state index in [2.05, 4.69) is 15.3 Å². The Balaban J connectivity index is 2.27. The molecule has 0 bridgehead atoms. The summed E-state index contributed by atoms with van der Waals surface area (Å²) in [7, 11) is 0. The molecule has 0 spiro atoms. The van der Waals surface area contributed by atoms with Crippen molar-refractivity contribution in [2.45, 2.75) is 38.0 Å². The third kappa shape index (κ3) is 6.82. The topological polar surface area (TPSA) is 87.1 Å². The Hall–Kier alpha value is -3.40. The normalized spacial score (nSPS) is 13.6. The number of nitrogens with one attached hydrogen (secondary N) is 1. The third-order valence-corrected chi connectivity index (χ3v) is 4.16. The predicted molar refractivity (Wildman–Crippen MR) is 97.6 cm³/mol. The number of hydrogen-bond acceptors (Lipinski definition) is 3. The quantitative estimate of drug-likeness (QED) is 0.241. The molecule has 0 aliphatic carbocycles. The maximum atomic E-state index is 13.1. The zero-order valence-corrected chi connectivity index (χ0v) is 15.9. The van der Waals surface area contributed by atoms with Crippen molar-refractivity contribution in [3.63, 3.8) is 0 Å². The van der Waals surface area contributed by atoms with Gasteiger partial charge < -0.3 is 10.1 Å². The second-order valence-electron chi connectivity index (χ2n) is 6.48. The summed E-state index contributed by atoms with van der Waals surface area (Å²) in [6.45, 7) is 1.14. The fourth-order valence-electron chi connectivity index (χ4n) is 2.69. The van der Waals surface area contributed by atoms with Crippen LogP contribution in [-0.2, 0) is 23.7 Å². The SMILES string of the molecule is C[C@H](NC(=O)OCc1ccccc1)[C@H](N=[N+]=[N-])c1cc(C(F)(F)F)cc(C(F)(F)F)c1. The van der Waals surface area contributed by atoms with Crippen LogP contribution in [0.15, 0.2) is 53.6 Å². The number of amides is 1. The van der Waals surface area contributed by atoms with Gasteiger partial charge in [-0.25, -0.2) is 4.79 Å². The van der Waals surface area contributed by atoms with Crippen molar-refractivity contribution in [1.82, 2.24) is 5.32 Å². The molecule has 2 rings (SSSR count). The highest BCUT2D eigenvalue weighted by Gasteiger charge is 2.38. The van der Waals surface area contributed by atoms with Gasteiger partial charge in [0, 0.05) is 11.0 Å². The average molecular weight is 446 g/mol. The molecule has 6 nitrogen and oxygen atoms in total. The third-order valence-electron chi connectivity index (χ3n) is 4.16. The molecule has 0 aliphatic rings. The number of halogens is 6. The van der Waals surface area contributed by atoms with E-state index in [1.165, 1.54) is 6.92 Å². The Bertz CT molecular complexity index is 924. The number of benzene rings is 2. The number of alkyl halides is 6. The highest BCUT2D eigenvalue weighted by atomic mass is 19.4. The van der Waals surface area contributed by atoms with Crippen molar-refractivity contribution in [3.8, 4) is 0 Å². The molecule has 31 heavy (non-hydrogen) atoms. The Morgan fingerprint density at radius 2 is 1.61 bits per heavy atom. The van der Waals surface area contributed by atoms with E-state index in [1.807, 2.05) is 0 Å². The summed E-state index contributed by atoms with van der Waals surface area (Å²) in [4.78, 5) is 14.5. The molecule has 2 aromatic carbocycles. The van der Waals surface area contributed by atoms with Gasteiger partial charge in [-0.2, -0.15) is 26.3 Å². The number of carbonyl (C=O) groups is 1. The molecule has 0 radical (unpaired) electrons. The van der Waals surface area contributed by atoms with E-state index in [1.54, 1.807) is 30.3 Å². The van der Waals surface area contributed by atoms with Crippen LogP contribution in [0, 0.1) is 0 Å². The van der Waals surface area contributed by atoms with Crippen LogP contribution in [-0.4, -0.2) is 12.1 Å². The molecule has 166 valence electrons. The van der Waals surface area contributed by atoms with Crippen LogP contribution >= 0.6 is 0 Å². The van der Waals surface area contributed by atoms with Gasteiger partial charge in [-0.05, 0) is 41.8 Å². The monoisotopic (exact) mass is 446 g/mol. The van der Waals surface area contributed by atoms with Gasteiger partial charge in [-0.15, -0.1) is 0 Å². The average Bonchev–Trinajstić information content (AvgIpc) is 2.69. The van der Waals surface area contributed by atoms with Crippen molar-refractivity contribution in [1.29, 1.82) is 0 Å². The Kier molecular flexibility index (Phi) is 7.40. The lowest BCUT2D eigenvalue weighted by Crippen LogP contribution is -2.37. The molecule has 1 N–H and O–H groups in total. The van der Waals surface area contributed by atoms with E-state index in [9.17, 15) is 31.1 Å². The summed E-state index contributed by atoms with van der Waals surface area (Å²) in [6.07, 6.45) is -11.1. The lowest BCUT2D eigenvalue weighted by molar-refractivity contribution is -0.143. The van der Waals surface area contributed by atoms with Crippen molar-refractivity contribution >= 4 is 6.09 Å². The number of hydrogen-bond donors (Lipinski definition) is 1. The first-order chi connectivity index (χ1) is 14.4. The summed E-state index contributed by atoms with van der Waals surface area (Å²) in [5.41, 5.74) is 5.74. The molecule has 0 heterocycles. The lowest BCUT2D eigenvalue weighted by Gasteiger charge is -2.23. The number of rotatable bonds is 6. The summed E-state index contributed by atoms with van der Waals surface area (Å²) < 4.78 is 83.6. The van der Waals surface area contributed by atoms with Crippen LogP contribution < -0.4 is 5.32 Å². The molecule has 2 atom stereocenters. The van der Waals surface area contributed by atoms with E-state index in [4.69, 9.17) is 10.3 Å². The van der Waals surface area contributed by atoms with Gasteiger partial charge in [-0.3, -0.25) is 0 Å². The number of alkyl carbamates (subject to hydrolysis) is 1. The fourth-order valence-corrected chi connectivity index (χ4v) is 2.69. The van der Waals surface area contributed by atoms with Crippen molar-refractivity contribution in [3.05, 3.63) is 81.2 Å². The van der Waals surface area contributed by atoms with Crippen LogP contribution in [0.25, 0.3) is 10.4 Å². The first-order valence-electron chi connectivity index (χ1n) is 8.72. The largest absolute Gasteiger partial charge is 0.445 e. The fraction of sp³-hybridized carbons (Fsp3) is 0.316. The number of nitrogens with zero attached hydrogens (tertiary/aromatic N) is 3. The summed E-state index contributed by atoms with van der Waals surface area (Å²) in [5.74, 6) is 0. The van der Waals surface area contributed by atoms with E-state index in [0.29, 0.717) is 17.7 Å². The molecular weight excluding hydrogens is 430 g/mol. The van der Waals surface area contributed by atoms with Crippen LogP contribution in [0.5, 0.6) is 0 Å². The smallest absolute Gasteiger partial charge is 0.416 e. The molecule has 2 aromatic rings. The van der Waals surface area contributed by atoms with Gasteiger partial charge in [-0.1, -0.05) is 35.4 Å². The Morgan fingerprint density at radius 1 is 1.06 bits per heavy atom. The van der Waals surface area contributed by atoms with Gasteiger partial charge in [0.1, 0.15) is 6.61 Å². The maximum absolute atomic E-state index is 13.1. The standard InChI is InChI=1S/C19H16F6N4O2/c1-11(27-17(30)31-10-12-5-3-2-4-6-12)16(28-29-26)13-7-14(18(20,21)22)9-15(8-13)19(23,24)25/h2-9,11,16H,10H2,1H3,(H,27,30)/t11-,16-/m0/s1. The van der Waals surface area contributed by atoms with Gasteiger partial charge in [0.15, 0.2) is 0 Å². The van der Waals surface area contributed by atoms with E-state index in [0.717, 1.165) is 0 Å². The summed E-state index contributed by atoms with van der Waals surface area (Å²) >= 11 is 0. The van der Waals surface area contributed by atoms with Crippen molar-refractivity contribution in [2.75, 3.05) is 0 Å². The van der Waals surface area contributed by atoms with Crippen LogP contribution in [0.4, 0.5) is 31.1 Å². The second-order valence-corrected chi connectivity index (χ2v) is 6.48. The Morgan fingerprint density at radius 3 is 2.10 bits per heavy atom. The van der Waals surface area contributed by atoms with Gasteiger partial charge in [0.25, 0.3) is 0 Å². The molecule has 1 amide bonds. The highest BCUT2D eigenvalue weighted by Crippen LogP contribution is 2.38. The molecule has 0 saturated heterocycles. The predicted octanol–water partition coefficient (Wildman–Crippen LogP) is 6.39. The minimum absolute atomic E-state index is 0.0388. The first-order valence-corrected chi connectivity index (χ1v) is 8.72. The van der Waals surface area contributed by atoms with E-state index in [-0.39, 0.29) is 12.7 Å². The van der Waals surface area contributed by atoms with Gasteiger partial charge in [0.2, 0.25) is 0 Å². The van der Waals surface area contributed by atoms with E-state index < -0.39 is 47.2 Å². The molecule has 12 heteroatoms. The summed E-state index contributed by atoms with van der Waals surface area (Å²) in [6, 6.07) is 6.65. The zero-order chi connectivity index (χ0) is 23.2.